The summed E-state index contributed by atoms with van der Waals surface area (Å²) in [5.74, 6) is 2.40. The molecular weight excluding hydrogens is 214 g/mol. The van der Waals surface area contributed by atoms with Crippen molar-refractivity contribution >= 4 is 11.8 Å². The zero-order valence-electron chi connectivity index (χ0n) is 10.8. The summed E-state index contributed by atoms with van der Waals surface area (Å²) in [5, 5.41) is 3.58. The second-order valence-electron chi connectivity index (χ2n) is 4.37. The SMILES string of the molecule is CCSCC(C)NCc1cc(C)ccc1C. The van der Waals surface area contributed by atoms with Crippen molar-refractivity contribution in [1.29, 1.82) is 0 Å². The van der Waals surface area contributed by atoms with Crippen molar-refractivity contribution in [3.63, 3.8) is 0 Å². The number of hydrogen-bond donors (Lipinski definition) is 1. The Bertz CT molecular complexity index is 323. The molecule has 0 heterocycles. The molecule has 0 amide bonds. The van der Waals surface area contributed by atoms with E-state index in [4.69, 9.17) is 0 Å². The monoisotopic (exact) mass is 237 g/mol. The summed E-state index contributed by atoms with van der Waals surface area (Å²) in [6.45, 7) is 9.79. The molecule has 0 saturated heterocycles. The molecule has 1 nitrogen and oxygen atoms in total. The Labute approximate surface area is 104 Å². The highest BCUT2D eigenvalue weighted by atomic mass is 32.2. The van der Waals surface area contributed by atoms with E-state index in [1.165, 1.54) is 28.2 Å². The molecule has 1 unspecified atom stereocenters. The highest BCUT2D eigenvalue weighted by Crippen LogP contribution is 2.11. The van der Waals surface area contributed by atoms with E-state index in [9.17, 15) is 0 Å². The Morgan fingerprint density at radius 2 is 2.06 bits per heavy atom. The van der Waals surface area contributed by atoms with Gasteiger partial charge in [-0.3, -0.25) is 0 Å². The van der Waals surface area contributed by atoms with Crippen molar-refractivity contribution < 1.29 is 0 Å². The molecule has 1 atom stereocenters. The van der Waals surface area contributed by atoms with Crippen LogP contribution in [0.1, 0.15) is 30.5 Å². The number of nitrogens with one attached hydrogen (secondary N) is 1. The standard InChI is InChI=1S/C14H23NS/c1-5-16-10-13(4)15-9-14-8-11(2)6-7-12(14)3/h6-8,13,15H,5,9-10H2,1-4H3. The van der Waals surface area contributed by atoms with Gasteiger partial charge in [-0.15, -0.1) is 0 Å². The normalized spacial score (nSPS) is 12.8. The molecule has 1 rings (SSSR count). The van der Waals surface area contributed by atoms with Crippen LogP contribution in [0.25, 0.3) is 0 Å². The fourth-order valence-corrected chi connectivity index (χ4v) is 2.34. The van der Waals surface area contributed by atoms with Crippen molar-refractivity contribution in [1.82, 2.24) is 5.32 Å². The maximum atomic E-state index is 3.58. The molecule has 90 valence electrons. The van der Waals surface area contributed by atoms with Gasteiger partial charge >= 0.3 is 0 Å². The quantitative estimate of drug-likeness (QED) is 0.812. The van der Waals surface area contributed by atoms with Crippen LogP contribution in [0.5, 0.6) is 0 Å². The first-order valence-corrected chi connectivity index (χ1v) is 7.16. The lowest BCUT2D eigenvalue weighted by Crippen LogP contribution is -2.28. The fourth-order valence-electron chi connectivity index (χ4n) is 1.63. The van der Waals surface area contributed by atoms with Crippen molar-refractivity contribution in [2.24, 2.45) is 0 Å². The van der Waals surface area contributed by atoms with Gasteiger partial charge in [0.2, 0.25) is 0 Å². The molecule has 1 aromatic carbocycles. The fraction of sp³-hybridized carbons (Fsp3) is 0.571. The topological polar surface area (TPSA) is 12.0 Å². The Morgan fingerprint density at radius 3 is 2.75 bits per heavy atom. The number of aryl methyl sites for hydroxylation is 2. The van der Waals surface area contributed by atoms with E-state index in [2.05, 4.69) is 51.2 Å². The molecule has 0 saturated carbocycles. The minimum absolute atomic E-state index is 0.588. The molecule has 2 heteroatoms. The van der Waals surface area contributed by atoms with E-state index >= 15 is 0 Å². The third kappa shape index (κ3) is 4.58. The van der Waals surface area contributed by atoms with Crippen LogP contribution in [0.2, 0.25) is 0 Å². The van der Waals surface area contributed by atoms with Gasteiger partial charge in [0.15, 0.2) is 0 Å². The van der Waals surface area contributed by atoms with Gasteiger partial charge in [-0.05, 0) is 37.7 Å². The van der Waals surface area contributed by atoms with Gasteiger partial charge in [0.05, 0.1) is 0 Å². The van der Waals surface area contributed by atoms with E-state index in [0.29, 0.717) is 6.04 Å². The highest BCUT2D eigenvalue weighted by molar-refractivity contribution is 7.99. The molecule has 1 N–H and O–H groups in total. The molecule has 0 aliphatic heterocycles. The zero-order chi connectivity index (χ0) is 12.0. The summed E-state index contributed by atoms with van der Waals surface area (Å²) in [7, 11) is 0. The van der Waals surface area contributed by atoms with Gasteiger partial charge in [0.1, 0.15) is 0 Å². The summed E-state index contributed by atoms with van der Waals surface area (Å²) in [4.78, 5) is 0. The first kappa shape index (κ1) is 13.6. The second kappa shape index (κ2) is 6.97. The van der Waals surface area contributed by atoms with Crippen LogP contribution >= 0.6 is 11.8 Å². The van der Waals surface area contributed by atoms with Gasteiger partial charge in [0, 0.05) is 18.3 Å². The average Bonchev–Trinajstić information content (AvgIpc) is 2.27. The first-order valence-electron chi connectivity index (χ1n) is 6.00. The molecule has 0 aromatic heterocycles. The first-order chi connectivity index (χ1) is 7.63. The minimum atomic E-state index is 0.588. The zero-order valence-corrected chi connectivity index (χ0v) is 11.7. The molecule has 0 bridgehead atoms. The van der Waals surface area contributed by atoms with Crippen LogP contribution in [0.3, 0.4) is 0 Å². The maximum absolute atomic E-state index is 3.58. The van der Waals surface area contributed by atoms with Gasteiger partial charge in [-0.25, -0.2) is 0 Å². The molecule has 0 spiro atoms. The number of rotatable bonds is 6. The molecule has 0 fully saturated rings. The summed E-state index contributed by atoms with van der Waals surface area (Å²) < 4.78 is 0. The van der Waals surface area contributed by atoms with Crippen molar-refractivity contribution in [3.8, 4) is 0 Å². The Kier molecular flexibility index (Phi) is 5.93. The lowest BCUT2D eigenvalue weighted by Gasteiger charge is -2.14. The molecule has 1 aromatic rings. The third-order valence-electron chi connectivity index (χ3n) is 2.72. The Hall–Kier alpha value is -0.470. The lowest BCUT2D eigenvalue weighted by atomic mass is 10.1. The molecule has 0 aliphatic rings. The summed E-state index contributed by atoms with van der Waals surface area (Å²) >= 11 is 2.00. The smallest absolute Gasteiger partial charge is 0.0211 e. The molecule has 16 heavy (non-hydrogen) atoms. The largest absolute Gasteiger partial charge is 0.309 e. The predicted octanol–water partition coefficient (Wildman–Crippen LogP) is 3.53. The van der Waals surface area contributed by atoms with Crippen molar-refractivity contribution in [3.05, 3.63) is 34.9 Å². The van der Waals surface area contributed by atoms with Crippen LogP contribution in [0, 0.1) is 13.8 Å². The Balaban J connectivity index is 2.44. The number of benzene rings is 1. The van der Waals surface area contributed by atoms with Crippen LogP contribution < -0.4 is 5.32 Å². The van der Waals surface area contributed by atoms with Gasteiger partial charge < -0.3 is 5.32 Å². The van der Waals surface area contributed by atoms with E-state index < -0.39 is 0 Å². The van der Waals surface area contributed by atoms with Crippen LogP contribution in [-0.4, -0.2) is 17.5 Å². The Morgan fingerprint density at radius 1 is 1.31 bits per heavy atom. The van der Waals surface area contributed by atoms with Crippen LogP contribution in [-0.2, 0) is 6.54 Å². The predicted molar refractivity (Wildman–Crippen MR) is 75.2 cm³/mol. The lowest BCUT2D eigenvalue weighted by molar-refractivity contribution is 0.594. The molecular formula is C14H23NS. The van der Waals surface area contributed by atoms with E-state index in [-0.39, 0.29) is 0 Å². The maximum Gasteiger partial charge on any atom is 0.0211 e. The van der Waals surface area contributed by atoms with E-state index in [0.717, 1.165) is 6.54 Å². The van der Waals surface area contributed by atoms with Gasteiger partial charge in [0.25, 0.3) is 0 Å². The minimum Gasteiger partial charge on any atom is -0.309 e. The van der Waals surface area contributed by atoms with Crippen LogP contribution in [0.15, 0.2) is 18.2 Å². The van der Waals surface area contributed by atoms with E-state index in [1.54, 1.807) is 0 Å². The summed E-state index contributed by atoms with van der Waals surface area (Å²) in [6, 6.07) is 7.25. The number of thioether (sulfide) groups is 1. The molecule has 0 radical (unpaired) electrons. The summed E-state index contributed by atoms with van der Waals surface area (Å²) in [6.07, 6.45) is 0. The van der Waals surface area contributed by atoms with Crippen molar-refractivity contribution in [2.75, 3.05) is 11.5 Å². The van der Waals surface area contributed by atoms with Crippen molar-refractivity contribution in [2.45, 2.75) is 40.3 Å². The second-order valence-corrected chi connectivity index (χ2v) is 5.69. The average molecular weight is 237 g/mol. The number of hydrogen-bond acceptors (Lipinski definition) is 2. The van der Waals surface area contributed by atoms with E-state index in [1.807, 2.05) is 11.8 Å². The van der Waals surface area contributed by atoms with Gasteiger partial charge in [-0.1, -0.05) is 30.7 Å². The van der Waals surface area contributed by atoms with Crippen LogP contribution in [0.4, 0.5) is 0 Å². The summed E-state index contributed by atoms with van der Waals surface area (Å²) in [5.41, 5.74) is 4.15. The highest BCUT2D eigenvalue weighted by Gasteiger charge is 2.03. The van der Waals surface area contributed by atoms with Gasteiger partial charge in [-0.2, -0.15) is 11.8 Å². The third-order valence-corrected chi connectivity index (χ3v) is 3.86. The molecule has 0 aliphatic carbocycles.